The molecule has 0 spiro atoms. The second-order valence-electron chi connectivity index (χ2n) is 10.3. The molecule has 8 heteroatoms. The van der Waals surface area contributed by atoms with Gasteiger partial charge in [-0.05, 0) is 42.9 Å². The van der Waals surface area contributed by atoms with Crippen molar-refractivity contribution in [3.63, 3.8) is 0 Å². The maximum absolute atomic E-state index is 13.7. The lowest BCUT2D eigenvalue weighted by Crippen LogP contribution is -2.54. The highest BCUT2D eigenvalue weighted by Crippen LogP contribution is 2.42. The van der Waals surface area contributed by atoms with Crippen LogP contribution < -0.4 is 19.5 Å². The summed E-state index contributed by atoms with van der Waals surface area (Å²) in [7, 11) is 1.63. The van der Waals surface area contributed by atoms with E-state index in [0.717, 1.165) is 44.5 Å². The van der Waals surface area contributed by atoms with Crippen LogP contribution in [0.25, 0.3) is 0 Å². The van der Waals surface area contributed by atoms with Crippen molar-refractivity contribution < 1.29 is 24.1 Å². The van der Waals surface area contributed by atoms with Crippen LogP contribution in [-0.2, 0) is 11.3 Å². The van der Waals surface area contributed by atoms with Crippen LogP contribution in [0, 0.1) is 5.92 Å². The van der Waals surface area contributed by atoms with Gasteiger partial charge < -0.3 is 24.2 Å². The zero-order valence-corrected chi connectivity index (χ0v) is 21.5. The Morgan fingerprint density at radius 3 is 2.71 bits per heavy atom. The molecule has 0 bridgehead atoms. The minimum Gasteiger partial charge on any atom is -0.493 e. The van der Waals surface area contributed by atoms with E-state index in [1.54, 1.807) is 7.11 Å². The van der Waals surface area contributed by atoms with E-state index >= 15 is 0 Å². The van der Waals surface area contributed by atoms with Gasteiger partial charge in [0.1, 0.15) is 6.23 Å². The Hall–Kier alpha value is -2.03. The molecule has 2 fully saturated rings. The van der Waals surface area contributed by atoms with Gasteiger partial charge in [-0.15, -0.1) is 0 Å². The second kappa shape index (κ2) is 12.8. The van der Waals surface area contributed by atoms with Gasteiger partial charge in [0, 0.05) is 32.7 Å². The summed E-state index contributed by atoms with van der Waals surface area (Å²) in [5, 5.41) is 14.1. The van der Waals surface area contributed by atoms with E-state index in [9.17, 15) is 9.90 Å². The predicted octanol–water partition coefficient (Wildman–Crippen LogP) is 3.51. The van der Waals surface area contributed by atoms with Crippen molar-refractivity contribution in [2.24, 2.45) is 5.92 Å². The van der Waals surface area contributed by atoms with Crippen LogP contribution in [0.15, 0.2) is 12.1 Å². The third-order valence-electron chi connectivity index (χ3n) is 7.61. The number of amides is 1. The zero-order chi connectivity index (χ0) is 24.6. The van der Waals surface area contributed by atoms with Crippen molar-refractivity contribution in [3.8, 4) is 17.2 Å². The minimum absolute atomic E-state index is 0.148. The Balaban J connectivity index is 1.46. The Morgan fingerprint density at radius 2 is 1.94 bits per heavy atom. The quantitative estimate of drug-likeness (QED) is 0.578. The third-order valence-corrected chi connectivity index (χ3v) is 7.61. The Kier molecular flexibility index (Phi) is 9.52. The number of aliphatic hydroxyl groups excluding tert-OH is 1. The first-order chi connectivity index (χ1) is 17.1. The molecule has 1 aromatic carbocycles. The number of aliphatic hydroxyl groups is 1. The van der Waals surface area contributed by atoms with Crippen LogP contribution >= 0.6 is 0 Å². The van der Waals surface area contributed by atoms with E-state index in [4.69, 9.17) is 14.2 Å². The standard InChI is InChI=1S/C27H43N3O5/c1-3-4-11-30-14-13-29(18-21-16-23(33-2)26-24(17-21)34-19-35-26)12-10-25(31)28-22(27(30)32)15-20-8-6-5-7-9-20/h16-17,20,22,25,28,31H,3-15,18-19H2,1-2H3/t22-,25?/m0/s1. The number of benzene rings is 1. The van der Waals surface area contributed by atoms with Crippen molar-refractivity contribution in [3.05, 3.63) is 17.7 Å². The molecule has 4 rings (SSSR count). The maximum atomic E-state index is 13.7. The molecule has 1 unspecified atom stereocenters. The minimum atomic E-state index is -0.701. The lowest BCUT2D eigenvalue weighted by molar-refractivity contribution is -0.136. The van der Waals surface area contributed by atoms with Gasteiger partial charge >= 0.3 is 0 Å². The molecule has 2 atom stereocenters. The topological polar surface area (TPSA) is 83.5 Å². The number of fused-ring (bicyclic) bond motifs is 1. The van der Waals surface area contributed by atoms with Crippen LogP contribution in [0.2, 0.25) is 0 Å². The van der Waals surface area contributed by atoms with Crippen LogP contribution in [0.3, 0.4) is 0 Å². The summed E-state index contributed by atoms with van der Waals surface area (Å²) < 4.78 is 16.6. The molecular formula is C27H43N3O5. The smallest absolute Gasteiger partial charge is 0.239 e. The van der Waals surface area contributed by atoms with Crippen molar-refractivity contribution in [1.29, 1.82) is 0 Å². The maximum Gasteiger partial charge on any atom is 0.239 e. The summed E-state index contributed by atoms with van der Waals surface area (Å²) in [6, 6.07) is 3.69. The molecule has 2 heterocycles. The fourth-order valence-electron chi connectivity index (χ4n) is 5.58. The van der Waals surface area contributed by atoms with Gasteiger partial charge in [-0.2, -0.15) is 0 Å². The molecule has 2 aliphatic heterocycles. The van der Waals surface area contributed by atoms with E-state index in [1.165, 1.54) is 32.1 Å². The molecule has 0 aromatic heterocycles. The van der Waals surface area contributed by atoms with Crippen molar-refractivity contribution in [2.45, 2.75) is 83.5 Å². The number of methoxy groups -OCH3 is 1. The largest absolute Gasteiger partial charge is 0.493 e. The lowest BCUT2D eigenvalue weighted by Gasteiger charge is -2.35. The zero-order valence-electron chi connectivity index (χ0n) is 21.5. The number of nitrogens with one attached hydrogen (secondary N) is 1. The summed E-state index contributed by atoms with van der Waals surface area (Å²) in [4.78, 5) is 18.0. The highest BCUT2D eigenvalue weighted by atomic mass is 16.7. The summed E-state index contributed by atoms with van der Waals surface area (Å²) in [6.07, 6.45) is 8.96. The van der Waals surface area contributed by atoms with Crippen molar-refractivity contribution in [1.82, 2.24) is 15.1 Å². The van der Waals surface area contributed by atoms with Crippen LogP contribution in [0.4, 0.5) is 0 Å². The first kappa shape index (κ1) is 26.0. The van der Waals surface area contributed by atoms with Gasteiger partial charge in [0.15, 0.2) is 11.5 Å². The lowest BCUT2D eigenvalue weighted by atomic mass is 9.84. The first-order valence-electron chi connectivity index (χ1n) is 13.5. The highest BCUT2D eigenvalue weighted by molar-refractivity contribution is 5.82. The number of carbonyl (C=O) groups is 1. The fourth-order valence-corrected chi connectivity index (χ4v) is 5.58. The number of carbonyl (C=O) groups excluding carboxylic acids is 1. The van der Waals surface area contributed by atoms with Gasteiger partial charge in [-0.1, -0.05) is 45.4 Å². The number of rotatable bonds is 8. The first-order valence-corrected chi connectivity index (χ1v) is 13.5. The summed E-state index contributed by atoms with van der Waals surface area (Å²) in [6.45, 7) is 5.99. The van der Waals surface area contributed by atoms with Gasteiger partial charge in [0.25, 0.3) is 0 Å². The number of hydrogen-bond acceptors (Lipinski definition) is 7. The summed E-state index contributed by atoms with van der Waals surface area (Å²) >= 11 is 0. The average Bonchev–Trinajstić information content (AvgIpc) is 3.35. The van der Waals surface area contributed by atoms with Gasteiger partial charge in [0.05, 0.1) is 13.2 Å². The van der Waals surface area contributed by atoms with E-state index < -0.39 is 6.23 Å². The van der Waals surface area contributed by atoms with Gasteiger partial charge in [-0.3, -0.25) is 15.0 Å². The molecule has 196 valence electrons. The van der Waals surface area contributed by atoms with Crippen LogP contribution in [0.5, 0.6) is 17.2 Å². The molecule has 8 nitrogen and oxygen atoms in total. The second-order valence-corrected chi connectivity index (χ2v) is 10.3. The Morgan fingerprint density at radius 1 is 1.11 bits per heavy atom. The van der Waals surface area contributed by atoms with E-state index in [0.29, 0.717) is 42.7 Å². The molecule has 3 aliphatic rings. The van der Waals surface area contributed by atoms with E-state index in [2.05, 4.69) is 17.1 Å². The monoisotopic (exact) mass is 489 g/mol. The van der Waals surface area contributed by atoms with Crippen LogP contribution in [0.1, 0.15) is 70.3 Å². The highest BCUT2D eigenvalue weighted by Gasteiger charge is 2.31. The molecule has 1 aromatic rings. The molecule has 1 amide bonds. The van der Waals surface area contributed by atoms with Gasteiger partial charge in [-0.25, -0.2) is 0 Å². The number of nitrogens with zero attached hydrogens (tertiary/aromatic N) is 2. The molecule has 1 saturated carbocycles. The van der Waals surface area contributed by atoms with Crippen LogP contribution in [-0.4, -0.2) is 73.2 Å². The van der Waals surface area contributed by atoms with E-state index in [1.807, 2.05) is 17.0 Å². The SMILES string of the molecule is CCCCN1CCN(Cc2cc(OC)c3c(c2)OCO3)CCC(O)N[C@@H](CC2CCCCC2)C1=O. The molecular weight excluding hydrogens is 446 g/mol. The molecule has 35 heavy (non-hydrogen) atoms. The summed E-state index contributed by atoms with van der Waals surface area (Å²) in [5.41, 5.74) is 1.06. The Labute approximate surface area is 209 Å². The molecule has 2 N–H and O–H groups in total. The normalized spacial score (nSPS) is 24.5. The third kappa shape index (κ3) is 7.02. The van der Waals surface area contributed by atoms with E-state index in [-0.39, 0.29) is 18.7 Å². The molecule has 1 saturated heterocycles. The molecule has 0 radical (unpaired) electrons. The number of ether oxygens (including phenoxy) is 3. The number of hydrogen-bond donors (Lipinski definition) is 2. The number of unbranched alkanes of at least 4 members (excludes halogenated alkanes) is 1. The van der Waals surface area contributed by atoms with Crippen molar-refractivity contribution in [2.75, 3.05) is 40.1 Å². The average molecular weight is 490 g/mol. The molecule has 1 aliphatic carbocycles. The summed E-state index contributed by atoms with van der Waals surface area (Å²) in [5.74, 6) is 2.74. The Bertz CT molecular complexity index is 829. The van der Waals surface area contributed by atoms with Crippen molar-refractivity contribution >= 4 is 5.91 Å². The van der Waals surface area contributed by atoms with Gasteiger partial charge in [0.2, 0.25) is 18.4 Å². The predicted molar refractivity (Wildman–Crippen MR) is 135 cm³/mol. The fraction of sp³-hybridized carbons (Fsp3) is 0.741.